The monoisotopic (exact) mass is 525 g/mol. The Morgan fingerprint density at radius 1 is 1.08 bits per heavy atom. The highest BCUT2D eigenvalue weighted by molar-refractivity contribution is 7.16. The van der Waals surface area contributed by atoms with E-state index in [0.29, 0.717) is 32.7 Å². The first-order chi connectivity index (χ1) is 17.6. The van der Waals surface area contributed by atoms with Crippen LogP contribution < -0.4 is 10.6 Å². The number of anilines is 2. The maximum atomic E-state index is 12.9. The molecule has 1 saturated heterocycles. The summed E-state index contributed by atoms with van der Waals surface area (Å²) in [7, 11) is 0. The van der Waals surface area contributed by atoms with Crippen LogP contribution in [-0.2, 0) is 6.18 Å². The Morgan fingerprint density at radius 2 is 1.89 bits per heavy atom. The second-order valence-electron chi connectivity index (χ2n) is 9.29. The van der Waals surface area contributed by atoms with E-state index in [1.165, 1.54) is 24.2 Å². The first-order valence-corrected chi connectivity index (χ1v) is 12.4. The van der Waals surface area contributed by atoms with E-state index in [4.69, 9.17) is 0 Å². The molecule has 1 spiro atoms. The van der Waals surface area contributed by atoms with Gasteiger partial charge in [-0.1, -0.05) is 23.3 Å². The molecule has 190 valence electrons. The summed E-state index contributed by atoms with van der Waals surface area (Å²) in [4.78, 5) is 35.5. The third-order valence-corrected chi connectivity index (χ3v) is 7.37. The number of pyridine rings is 1. The molecule has 0 atom stereocenters. The number of benzene rings is 1. The lowest BCUT2D eigenvalue weighted by Crippen LogP contribution is -2.33. The lowest BCUT2D eigenvalue weighted by atomic mass is 10.1. The van der Waals surface area contributed by atoms with Gasteiger partial charge in [-0.15, -0.1) is 0 Å². The number of urea groups is 1. The van der Waals surface area contributed by atoms with E-state index in [9.17, 15) is 22.8 Å². The molecule has 2 fully saturated rings. The normalized spacial score (nSPS) is 15.7. The highest BCUT2D eigenvalue weighted by atomic mass is 32.1. The van der Waals surface area contributed by atoms with Crippen molar-refractivity contribution in [1.29, 1.82) is 0 Å². The molecular weight excluding hydrogens is 503 g/mol. The van der Waals surface area contributed by atoms with Crippen molar-refractivity contribution >= 4 is 34.1 Å². The van der Waals surface area contributed by atoms with Crippen molar-refractivity contribution in [2.45, 2.75) is 32.4 Å². The molecule has 1 aliphatic carbocycles. The number of carbonyl (C=O) groups is 2. The molecule has 7 nitrogen and oxygen atoms in total. The lowest BCUT2D eigenvalue weighted by molar-refractivity contribution is -0.137. The SMILES string of the molecule is Cc1ccc(NC(=O)c2cc(C(F)(F)F)ccn2)cc1C#Cc1cnc(NC(=O)N2CCC3(CC3)C2)s1. The molecule has 3 amide bonds. The average Bonchev–Trinajstić information content (AvgIpc) is 3.26. The summed E-state index contributed by atoms with van der Waals surface area (Å²) in [5.74, 6) is 5.29. The highest BCUT2D eigenvalue weighted by Gasteiger charge is 2.48. The van der Waals surface area contributed by atoms with Gasteiger partial charge in [-0.05, 0) is 67.4 Å². The van der Waals surface area contributed by atoms with Crippen LogP contribution in [0.15, 0.2) is 42.7 Å². The van der Waals surface area contributed by atoms with E-state index in [-0.39, 0.29) is 11.7 Å². The number of hydrogen-bond acceptors (Lipinski definition) is 5. The number of aromatic nitrogens is 2. The van der Waals surface area contributed by atoms with Gasteiger partial charge in [0, 0.05) is 30.5 Å². The highest BCUT2D eigenvalue weighted by Crippen LogP contribution is 2.52. The molecule has 1 aliphatic heterocycles. The molecule has 1 saturated carbocycles. The van der Waals surface area contributed by atoms with E-state index in [1.54, 1.807) is 24.4 Å². The van der Waals surface area contributed by atoms with Gasteiger partial charge in [-0.2, -0.15) is 13.2 Å². The predicted molar refractivity (Wildman–Crippen MR) is 133 cm³/mol. The Hall–Kier alpha value is -3.91. The smallest absolute Gasteiger partial charge is 0.324 e. The lowest BCUT2D eigenvalue weighted by Gasteiger charge is -2.15. The Bertz CT molecular complexity index is 1440. The standard InChI is InChI=1S/C26H22F3N5O2S/c1-16-2-4-19(32-22(35)21-13-18(6-10-30-21)26(27,28)29)12-17(16)3-5-20-14-31-23(37-20)33-24(36)34-11-9-25(15-34)7-8-25/h2,4,6,10,12-14H,7-9,11,15H2,1H3,(H,32,35)(H,31,33,36). The summed E-state index contributed by atoms with van der Waals surface area (Å²) in [6.45, 7) is 3.41. The van der Waals surface area contributed by atoms with Gasteiger partial charge in [-0.3, -0.25) is 15.1 Å². The van der Waals surface area contributed by atoms with Gasteiger partial charge >= 0.3 is 12.2 Å². The van der Waals surface area contributed by atoms with Crippen molar-refractivity contribution in [3.8, 4) is 11.8 Å². The summed E-state index contributed by atoms with van der Waals surface area (Å²) >= 11 is 1.26. The molecule has 0 unspecified atom stereocenters. The van der Waals surface area contributed by atoms with Gasteiger partial charge in [0.25, 0.3) is 5.91 Å². The van der Waals surface area contributed by atoms with Crippen molar-refractivity contribution < 1.29 is 22.8 Å². The predicted octanol–water partition coefficient (Wildman–Crippen LogP) is 5.54. The number of carbonyl (C=O) groups excluding carboxylic acids is 2. The number of halogens is 3. The Kier molecular flexibility index (Phi) is 6.37. The zero-order valence-corrected chi connectivity index (χ0v) is 20.6. The van der Waals surface area contributed by atoms with Gasteiger partial charge in [0.05, 0.1) is 16.6 Å². The van der Waals surface area contributed by atoms with Crippen LogP contribution in [0.5, 0.6) is 0 Å². The van der Waals surface area contributed by atoms with Gasteiger partial charge in [0.2, 0.25) is 0 Å². The molecular formula is C26H22F3N5O2S. The summed E-state index contributed by atoms with van der Waals surface area (Å²) < 4.78 is 38.8. The zero-order chi connectivity index (χ0) is 26.2. The van der Waals surface area contributed by atoms with Crippen LogP contribution >= 0.6 is 11.3 Å². The van der Waals surface area contributed by atoms with E-state index in [2.05, 4.69) is 32.4 Å². The van der Waals surface area contributed by atoms with Crippen molar-refractivity contribution in [1.82, 2.24) is 14.9 Å². The van der Waals surface area contributed by atoms with Gasteiger partial charge < -0.3 is 10.2 Å². The molecule has 5 rings (SSSR count). The maximum Gasteiger partial charge on any atom is 0.416 e. The molecule has 2 N–H and O–H groups in total. The van der Waals surface area contributed by atoms with E-state index < -0.39 is 17.6 Å². The van der Waals surface area contributed by atoms with Crippen molar-refractivity contribution in [3.05, 3.63) is 70.0 Å². The first kappa shape index (κ1) is 24.8. The molecule has 3 heterocycles. The second kappa shape index (κ2) is 9.52. The molecule has 3 aromatic rings. The van der Waals surface area contributed by atoms with Crippen LogP contribution in [0, 0.1) is 24.2 Å². The third-order valence-electron chi connectivity index (χ3n) is 6.54. The van der Waals surface area contributed by atoms with Gasteiger partial charge in [-0.25, -0.2) is 9.78 Å². The van der Waals surface area contributed by atoms with E-state index in [1.807, 2.05) is 11.8 Å². The largest absolute Gasteiger partial charge is 0.416 e. The van der Waals surface area contributed by atoms with Crippen LogP contribution in [0.1, 0.15) is 51.3 Å². The molecule has 37 heavy (non-hydrogen) atoms. The molecule has 2 aliphatic rings. The number of amides is 3. The number of aryl methyl sites for hydroxylation is 1. The minimum absolute atomic E-state index is 0.146. The molecule has 11 heteroatoms. The topological polar surface area (TPSA) is 87.2 Å². The molecule has 1 aromatic carbocycles. The molecule has 2 aromatic heterocycles. The van der Waals surface area contributed by atoms with E-state index in [0.717, 1.165) is 37.3 Å². The fraction of sp³-hybridized carbons (Fsp3) is 0.308. The number of hydrogen-bond donors (Lipinski definition) is 2. The molecule has 0 bridgehead atoms. The third kappa shape index (κ3) is 5.75. The Morgan fingerprint density at radius 3 is 2.62 bits per heavy atom. The maximum absolute atomic E-state index is 12.9. The van der Waals surface area contributed by atoms with Gasteiger partial charge in [0.15, 0.2) is 5.13 Å². The summed E-state index contributed by atoms with van der Waals surface area (Å²) in [6.07, 6.45) is 1.41. The number of nitrogens with zero attached hydrogens (tertiary/aromatic N) is 3. The average molecular weight is 526 g/mol. The number of rotatable bonds is 3. The summed E-state index contributed by atoms with van der Waals surface area (Å²) in [6, 6.07) is 6.39. The number of nitrogens with one attached hydrogen (secondary N) is 2. The fourth-order valence-corrected chi connectivity index (χ4v) is 4.80. The van der Waals surface area contributed by atoms with Crippen LogP contribution in [-0.4, -0.2) is 39.9 Å². The van der Waals surface area contributed by atoms with Crippen molar-refractivity contribution in [2.24, 2.45) is 5.41 Å². The summed E-state index contributed by atoms with van der Waals surface area (Å²) in [5, 5.41) is 5.88. The van der Waals surface area contributed by atoms with Crippen LogP contribution in [0.4, 0.5) is 28.8 Å². The minimum atomic E-state index is -4.57. The van der Waals surface area contributed by atoms with E-state index >= 15 is 0 Å². The van der Waals surface area contributed by atoms with Crippen molar-refractivity contribution in [3.63, 3.8) is 0 Å². The Labute approximate surface area is 215 Å². The van der Waals surface area contributed by atoms with Crippen LogP contribution in [0.25, 0.3) is 0 Å². The number of likely N-dealkylation sites (tertiary alicyclic amines) is 1. The first-order valence-electron chi connectivity index (χ1n) is 11.6. The molecule has 0 radical (unpaired) electrons. The zero-order valence-electron chi connectivity index (χ0n) is 19.8. The van der Waals surface area contributed by atoms with Crippen LogP contribution in [0.2, 0.25) is 0 Å². The summed E-state index contributed by atoms with van der Waals surface area (Å²) in [5.41, 5.74) is 0.908. The second-order valence-corrected chi connectivity index (χ2v) is 10.3. The van der Waals surface area contributed by atoms with Gasteiger partial charge in [0.1, 0.15) is 5.69 Å². The fourth-order valence-electron chi connectivity index (χ4n) is 4.14. The number of alkyl halides is 3. The van der Waals surface area contributed by atoms with Crippen LogP contribution in [0.3, 0.4) is 0 Å². The number of thiazole rings is 1. The minimum Gasteiger partial charge on any atom is -0.324 e. The Balaban J connectivity index is 1.24. The van der Waals surface area contributed by atoms with Crippen molar-refractivity contribution in [2.75, 3.05) is 23.7 Å². The quantitative estimate of drug-likeness (QED) is 0.440.